The monoisotopic (exact) mass is 437 g/mol. The Balaban J connectivity index is 1.23. The largest absolute Gasteiger partial charge is 0.416 e. The zero-order chi connectivity index (χ0) is 22.8. The van der Waals surface area contributed by atoms with E-state index in [1.54, 1.807) is 12.1 Å². The molecule has 0 fully saturated rings. The lowest BCUT2D eigenvalue weighted by Gasteiger charge is -2.09. The van der Waals surface area contributed by atoms with Crippen molar-refractivity contribution >= 4 is 16.9 Å². The number of fused-ring (bicyclic) bond motifs is 1. The molecule has 5 rings (SSSR count). The van der Waals surface area contributed by atoms with Crippen molar-refractivity contribution in [2.75, 3.05) is 6.54 Å². The van der Waals surface area contributed by atoms with Crippen LogP contribution in [0, 0.1) is 13.8 Å². The SMILES string of the molecule is Cc1cccc(-c2nnc(-c3ccc(C(=O)NCCn4c(C)nc5ccccc54)cc3)o2)c1. The number of rotatable bonds is 6. The number of nitrogens with zero attached hydrogens (tertiary/aromatic N) is 4. The van der Waals surface area contributed by atoms with Crippen molar-refractivity contribution in [3.05, 3.63) is 89.7 Å². The van der Waals surface area contributed by atoms with Crippen molar-refractivity contribution < 1.29 is 9.21 Å². The van der Waals surface area contributed by atoms with E-state index in [0.29, 0.717) is 30.4 Å². The van der Waals surface area contributed by atoms with Crippen LogP contribution in [0.5, 0.6) is 0 Å². The number of aryl methyl sites for hydroxylation is 2. The maximum absolute atomic E-state index is 12.6. The average Bonchev–Trinajstić information content (AvgIpc) is 3.44. The number of amides is 1. The van der Waals surface area contributed by atoms with Crippen LogP contribution in [0.2, 0.25) is 0 Å². The third-order valence-electron chi connectivity index (χ3n) is 5.55. The molecule has 2 aromatic heterocycles. The predicted molar refractivity (Wildman–Crippen MR) is 127 cm³/mol. The topological polar surface area (TPSA) is 85.8 Å². The van der Waals surface area contributed by atoms with Crippen LogP contribution in [-0.2, 0) is 6.54 Å². The summed E-state index contributed by atoms with van der Waals surface area (Å²) in [5, 5.41) is 11.3. The molecular weight excluding hydrogens is 414 g/mol. The molecule has 0 bridgehead atoms. The smallest absolute Gasteiger partial charge is 0.251 e. The zero-order valence-corrected chi connectivity index (χ0v) is 18.4. The molecule has 0 saturated heterocycles. The number of carbonyl (C=O) groups excluding carboxylic acids is 1. The summed E-state index contributed by atoms with van der Waals surface area (Å²) < 4.78 is 7.94. The fraction of sp³-hybridized carbons (Fsp3) is 0.154. The van der Waals surface area contributed by atoms with Gasteiger partial charge in [0, 0.05) is 29.8 Å². The van der Waals surface area contributed by atoms with E-state index in [4.69, 9.17) is 4.42 Å². The molecule has 0 aliphatic heterocycles. The van der Waals surface area contributed by atoms with Crippen LogP contribution in [0.3, 0.4) is 0 Å². The molecule has 0 aliphatic carbocycles. The summed E-state index contributed by atoms with van der Waals surface area (Å²) in [7, 11) is 0. The van der Waals surface area contributed by atoms with Crippen molar-refractivity contribution in [2.24, 2.45) is 0 Å². The van der Waals surface area contributed by atoms with Crippen LogP contribution < -0.4 is 5.32 Å². The molecule has 7 heteroatoms. The van der Waals surface area contributed by atoms with E-state index in [2.05, 4.69) is 25.1 Å². The fourth-order valence-electron chi connectivity index (χ4n) is 3.86. The summed E-state index contributed by atoms with van der Waals surface area (Å²) in [6, 6.07) is 23.1. The van der Waals surface area contributed by atoms with Gasteiger partial charge in [-0.15, -0.1) is 10.2 Å². The number of hydrogen-bond acceptors (Lipinski definition) is 5. The maximum atomic E-state index is 12.6. The van der Waals surface area contributed by atoms with Crippen molar-refractivity contribution in [2.45, 2.75) is 20.4 Å². The first-order valence-electron chi connectivity index (χ1n) is 10.8. The summed E-state index contributed by atoms with van der Waals surface area (Å²) in [6.07, 6.45) is 0. The summed E-state index contributed by atoms with van der Waals surface area (Å²) in [4.78, 5) is 17.2. The highest BCUT2D eigenvalue weighted by Crippen LogP contribution is 2.24. The first-order chi connectivity index (χ1) is 16.1. The number of aromatic nitrogens is 4. The Kier molecular flexibility index (Phi) is 5.44. The van der Waals surface area contributed by atoms with E-state index in [1.807, 2.05) is 74.5 Å². The molecule has 7 nitrogen and oxygen atoms in total. The number of hydrogen-bond donors (Lipinski definition) is 1. The van der Waals surface area contributed by atoms with Crippen molar-refractivity contribution in [1.29, 1.82) is 0 Å². The molecule has 1 amide bonds. The van der Waals surface area contributed by atoms with Gasteiger partial charge in [-0.3, -0.25) is 4.79 Å². The second-order valence-electron chi connectivity index (χ2n) is 7.91. The van der Waals surface area contributed by atoms with Gasteiger partial charge in [-0.05, 0) is 62.4 Å². The number of benzene rings is 3. The molecule has 3 aromatic carbocycles. The van der Waals surface area contributed by atoms with Gasteiger partial charge in [0.05, 0.1) is 11.0 Å². The number of carbonyl (C=O) groups is 1. The van der Waals surface area contributed by atoms with Crippen LogP contribution in [0.15, 0.2) is 77.2 Å². The Morgan fingerprint density at radius 3 is 2.45 bits per heavy atom. The number of nitrogens with one attached hydrogen (secondary N) is 1. The molecular formula is C26H23N5O2. The highest BCUT2D eigenvalue weighted by Gasteiger charge is 2.12. The molecule has 164 valence electrons. The summed E-state index contributed by atoms with van der Waals surface area (Å²) >= 11 is 0. The second-order valence-corrected chi connectivity index (χ2v) is 7.91. The summed E-state index contributed by atoms with van der Waals surface area (Å²) in [5.74, 6) is 1.69. The lowest BCUT2D eigenvalue weighted by molar-refractivity contribution is 0.0952. The third kappa shape index (κ3) is 4.25. The van der Waals surface area contributed by atoms with Crippen LogP contribution in [0.1, 0.15) is 21.7 Å². The van der Waals surface area contributed by atoms with Gasteiger partial charge < -0.3 is 14.3 Å². The Morgan fingerprint density at radius 2 is 1.67 bits per heavy atom. The maximum Gasteiger partial charge on any atom is 0.251 e. The standard InChI is InChI=1S/C26H23N5O2/c1-17-6-5-7-21(16-17)26-30-29-25(33-26)20-12-10-19(11-13-20)24(32)27-14-15-31-18(2)28-22-8-3-4-9-23(22)31/h3-13,16H,14-15H2,1-2H3,(H,27,32). The van der Waals surface area contributed by atoms with Gasteiger partial charge in [-0.1, -0.05) is 29.8 Å². The van der Waals surface area contributed by atoms with Gasteiger partial charge in [0.25, 0.3) is 5.91 Å². The van der Waals surface area contributed by atoms with E-state index in [0.717, 1.165) is 33.5 Å². The highest BCUT2D eigenvalue weighted by atomic mass is 16.4. The third-order valence-corrected chi connectivity index (χ3v) is 5.55. The lowest BCUT2D eigenvalue weighted by Crippen LogP contribution is -2.27. The minimum Gasteiger partial charge on any atom is -0.416 e. The van der Waals surface area contributed by atoms with Crippen molar-refractivity contribution in [3.8, 4) is 22.9 Å². The van der Waals surface area contributed by atoms with Gasteiger partial charge in [0.2, 0.25) is 11.8 Å². The van der Waals surface area contributed by atoms with Crippen LogP contribution >= 0.6 is 0 Å². The quantitative estimate of drug-likeness (QED) is 0.412. The molecule has 0 unspecified atom stereocenters. The number of imidazole rings is 1. The molecule has 2 heterocycles. The van der Waals surface area contributed by atoms with E-state index in [9.17, 15) is 4.79 Å². The summed E-state index contributed by atoms with van der Waals surface area (Å²) in [6.45, 7) is 5.15. The van der Waals surface area contributed by atoms with E-state index >= 15 is 0 Å². The van der Waals surface area contributed by atoms with Crippen LogP contribution in [0.25, 0.3) is 33.9 Å². The van der Waals surface area contributed by atoms with Crippen molar-refractivity contribution in [3.63, 3.8) is 0 Å². The normalized spacial score (nSPS) is 11.1. The van der Waals surface area contributed by atoms with E-state index in [-0.39, 0.29) is 5.91 Å². The molecule has 0 spiro atoms. The van der Waals surface area contributed by atoms with Crippen LogP contribution in [0.4, 0.5) is 0 Å². The van der Waals surface area contributed by atoms with Gasteiger partial charge in [-0.2, -0.15) is 0 Å². The number of para-hydroxylation sites is 2. The minimum absolute atomic E-state index is 0.130. The Hall–Kier alpha value is -4.26. The van der Waals surface area contributed by atoms with Gasteiger partial charge in [-0.25, -0.2) is 4.98 Å². The molecule has 0 atom stereocenters. The van der Waals surface area contributed by atoms with Crippen LogP contribution in [-0.4, -0.2) is 32.2 Å². The molecule has 1 N–H and O–H groups in total. The van der Waals surface area contributed by atoms with E-state index in [1.165, 1.54) is 0 Å². The first-order valence-corrected chi connectivity index (χ1v) is 10.8. The molecule has 0 aliphatic rings. The van der Waals surface area contributed by atoms with Gasteiger partial charge in [0.1, 0.15) is 5.82 Å². The Bertz CT molecular complexity index is 1430. The Morgan fingerprint density at radius 1 is 0.909 bits per heavy atom. The zero-order valence-electron chi connectivity index (χ0n) is 18.4. The highest BCUT2D eigenvalue weighted by molar-refractivity contribution is 5.94. The summed E-state index contributed by atoms with van der Waals surface area (Å²) in [5.41, 5.74) is 5.37. The molecule has 0 saturated carbocycles. The second kappa shape index (κ2) is 8.70. The lowest BCUT2D eigenvalue weighted by atomic mass is 10.1. The predicted octanol–water partition coefficient (Wildman–Crippen LogP) is 4.80. The molecule has 5 aromatic rings. The van der Waals surface area contributed by atoms with E-state index < -0.39 is 0 Å². The van der Waals surface area contributed by atoms with Crippen molar-refractivity contribution in [1.82, 2.24) is 25.1 Å². The minimum atomic E-state index is -0.130. The first kappa shape index (κ1) is 20.6. The Labute approximate surface area is 191 Å². The van der Waals surface area contributed by atoms with Gasteiger partial charge in [0.15, 0.2) is 0 Å². The average molecular weight is 438 g/mol. The fourth-order valence-corrected chi connectivity index (χ4v) is 3.86. The van der Waals surface area contributed by atoms with Gasteiger partial charge >= 0.3 is 0 Å². The molecule has 33 heavy (non-hydrogen) atoms. The molecule has 0 radical (unpaired) electrons.